The quantitative estimate of drug-likeness (QED) is 0.853. The standard InChI is InChI=1S/C13H18O4/c1-13(2,11(17-4)12(14)15)9-5-7-10(16-3)8-6-9/h5-8,11H,1-4H3,(H,14,15). The number of benzene rings is 1. The van der Waals surface area contributed by atoms with Crippen molar-refractivity contribution >= 4 is 5.97 Å². The molecule has 1 unspecified atom stereocenters. The molecule has 94 valence electrons. The van der Waals surface area contributed by atoms with E-state index in [0.29, 0.717) is 0 Å². The zero-order chi connectivity index (χ0) is 13.1. The highest BCUT2D eigenvalue weighted by Crippen LogP contribution is 2.30. The molecule has 0 saturated carbocycles. The maximum absolute atomic E-state index is 11.1. The first-order valence-corrected chi connectivity index (χ1v) is 5.33. The molecule has 0 aliphatic rings. The number of hydrogen-bond donors (Lipinski definition) is 1. The molecule has 1 N–H and O–H groups in total. The first-order chi connectivity index (χ1) is 7.93. The largest absolute Gasteiger partial charge is 0.497 e. The zero-order valence-electron chi connectivity index (χ0n) is 10.6. The normalized spacial score (nSPS) is 13.2. The Morgan fingerprint density at radius 2 is 1.76 bits per heavy atom. The highest BCUT2D eigenvalue weighted by Gasteiger charge is 2.36. The Morgan fingerprint density at radius 1 is 1.24 bits per heavy atom. The van der Waals surface area contributed by atoms with Crippen LogP contribution in [-0.4, -0.2) is 31.4 Å². The van der Waals surface area contributed by atoms with E-state index in [4.69, 9.17) is 14.6 Å². The summed E-state index contributed by atoms with van der Waals surface area (Å²) >= 11 is 0. The van der Waals surface area contributed by atoms with E-state index in [1.54, 1.807) is 7.11 Å². The van der Waals surface area contributed by atoms with Crippen LogP contribution in [0, 0.1) is 0 Å². The summed E-state index contributed by atoms with van der Waals surface area (Å²) in [5.74, 6) is -0.220. The van der Waals surface area contributed by atoms with Crippen molar-refractivity contribution in [3.63, 3.8) is 0 Å². The van der Waals surface area contributed by atoms with E-state index in [1.807, 2.05) is 38.1 Å². The second-order valence-electron chi connectivity index (χ2n) is 4.40. The van der Waals surface area contributed by atoms with Crippen LogP contribution in [0.4, 0.5) is 0 Å². The van der Waals surface area contributed by atoms with Gasteiger partial charge in [-0.15, -0.1) is 0 Å². The minimum absolute atomic E-state index is 0.604. The van der Waals surface area contributed by atoms with Crippen LogP contribution in [0.5, 0.6) is 5.75 Å². The first-order valence-electron chi connectivity index (χ1n) is 5.33. The Hall–Kier alpha value is -1.55. The first kappa shape index (κ1) is 13.5. The molecule has 4 nitrogen and oxygen atoms in total. The lowest BCUT2D eigenvalue weighted by Gasteiger charge is -2.30. The molecule has 0 aromatic heterocycles. The number of rotatable bonds is 5. The predicted octanol–water partition coefficient (Wildman–Crippen LogP) is 2.07. The molecule has 0 aliphatic heterocycles. The van der Waals surface area contributed by atoms with Gasteiger partial charge >= 0.3 is 5.97 Å². The van der Waals surface area contributed by atoms with Gasteiger partial charge in [-0.3, -0.25) is 0 Å². The fraction of sp³-hybridized carbons (Fsp3) is 0.462. The van der Waals surface area contributed by atoms with E-state index in [1.165, 1.54) is 7.11 Å². The third-order valence-electron chi connectivity index (χ3n) is 2.95. The molecule has 0 spiro atoms. The highest BCUT2D eigenvalue weighted by atomic mass is 16.5. The third kappa shape index (κ3) is 2.77. The predicted molar refractivity (Wildman–Crippen MR) is 64.5 cm³/mol. The van der Waals surface area contributed by atoms with Crippen molar-refractivity contribution in [3.8, 4) is 5.75 Å². The summed E-state index contributed by atoms with van der Waals surface area (Å²) in [7, 11) is 3.00. The SMILES string of the molecule is COc1ccc(C(C)(C)C(OC)C(=O)O)cc1. The summed E-state index contributed by atoms with van der Waals surface area (Å²) in [6.45, 7) is 3.69. The molecule has 0 amide bonds. The van der Waals surface area contributed by atoms with Gasteiger partial charge in [0.15, 0.2) is 6.10 Å². The van der Waals surface area contributed by atoms with E-state index in [9.17, 15) is 4.79 Å². The van der Waals surface area contributed by atoms with E-state index in [-0.39, 0.29) is 0 Å². The number of methoxy groups -OCH3 is 2. The Morgan fingerprint density at radius 3 is 2.12 bits per heavy atom. The number of hydrogen-bond acceptors (Lipinski definition) is 3. The van der Waals surface area contributed by atoms with Gasteiger partial charge in [0.25, 0.3) is 0 Å². The summed E-state index contributed by atoms with van der Waals surface area (Å²) < 4.78 is 10.1. The van der Waals surface area contributed by atoms with Crippen LogP contribution in [0.2, 0.25) is 0 Å². The minimum Gasteiger partial charge on any atom is -0.497 e. The van der Waals surface area contributed by atoms with E-state index in [2.05, 4.69) is 0 Å². The second kappa shape index (κ2) is 5.19. The fourth-order valence-electron chi connectivity index (χ4n) is 1.88. The number of ether oxygens (including phenoxy) is 2. The number of carboxylic acid groups (broad SMARTS) is 1. The molecule has 0 saturated heterocycles. The van der Waals surface area contributed by atoms with Crippen molar-refractivity contribution in [3.05, 3.63) is 29.8 Å². The molecule has 0 fully saturated rings. The summed E-state index contributed by atoms with van der Waals surface area (Å²) in [6.07, 6.45) is -0.879. The van der Waals surface area contributed by atoms with Crippen LogP contribution in [0.15, 0.2) is 24.3 Å². The van der Waals surface area contributed by atoms with Crippen molar-refractivity contribution < 1.29 is 19.4 Å². The van der Waals surface area contributed by atoms with E-state index < -0.39 is 17.5 Å². The van der Waals surface area contributed by atoms with Crippen LogP contribution >= 0.6 is 0 Å². The van der Waals surface area contributed by atoms with Gasteiger partial charge in [0, 0.05) is 12.5 Å². The average Bonchev–Trinajstić information content (AvgIpc) is 2.29. The molecule has 0 bridgehead atoms. The molecule has 1 rings (SSSR count). The summed E-state index contributed by atoms with van der Waals surface area (Å²) in [5, 5.41) is 9.12. The van der Waals surface area contributed by atoms with Gasteiger partial charge in [0.2, 0.25) is 0 Å². The van der Waals surface area contributed by atoms with Crippen LogP contribution in [-0.2, 0) is 14.9 Å². The van der Waals surface area contributed by atoms with Gasteiger partial charge in [-0.2, -0.15) is 0 Å². The van der Waals surface area contributed by atoms with Gasteiger partial charge < -0.3 is 14.6 Å². The summed E-state index contributed by atoms with van der Waals surface area (Å²) in [5.41, 5.74) is 0.292. The Labute approximate surface area is 101 Å². The Balaban J connectivity index is 3.06. The lowest BCUT2D eigenvalue weighted by Crippen LogP contribution is -2.41. The van der Waals surface area contributed by atoms with Crippen LogP contribution in [0.1, 0.15) is 19.4 Å². The smallest absolute Gasteiger partial charge is 0.333 e. The lowest BCUT2D eigenvalue weighted by molar-refractivity contribution is -0.152. The number of carbonyl (C=O) groups is 1. The topological polar surface area (TPSA) is 55.8 Å². The molecule has 17 heavy (non-hydrogen) atoms. The molecule has 1 aromatic carbocycles. The Kier molecular flexibility index (Phi) is 4.12. The Bertz CT molecular complexity index is 381. The van der Waals surface area contributed by atoms with Gasteiger partial charge in [0.05, 0.1) is 7.11 Å². The maximum Gasteiger partial charge on any atom is 0.333 e. The molecular formula is C13H18O4. The maximum atomic E-state index is 11.1. The molecule has 0 heterocycles. The van der Waals surface area contributed by atoms with Crippen molar-refractivity contribution in [1.82, 2.24) is 0 Å². The lowest BCUT2D eigenvalue weighted by atomic mass is 9.79. The number of aliphatic carboxylic acids is 1. The van der Waals surface area contributed by atoms with Crippen molar-refractivity contribution in [2.75, 3.05) is 14.2 Å². The van der Waals surface area contributed by atoms with Gasteiger partial charge in [-0.25, -0.2) is 4.79 Å². The van der Waals surface area contributed by atoms with Gasteiger partial charge in [0.1, 0.15) is 5.75 Å². The molecule has 0 radical (unpaired) electrons. The molecule has 4 heteroatoms. The zero-order valence-corrected chi connectivity index (χ0v) is 10.6. The van der Waals surface area contributed by atoms with Gasteiger partial charge in [-0.05, 0) is 17.7 Å². The van der Waals surface area contributed by atoms with Crippen LogP contribution < -0.4 is 4.74 Å². The summed E-state index contributed by atoms with van der Waals surface area (Å²) in [4.78, 5) is 11.1. The monoisotopic (exact) mass is 238 g/mol. The second-order valence-corrected chi connectivity index (χ2v) is 4.40. The van der Waals surface area contributed by atoms with Crippen LogP contribution in [0.3, 0.4) is 0 Å². The van der Waals surface area contributed by atoms with Gasteiger partial charge in [-0.1, -0.05) is 26.0 Å². The molecule has 1 atom stereocenters. The van der Waals surface area contributed by atoms with Crippen molar-refractivity contribution in [2.24, 2.45) is 0 Å². The molecule has 1 aromatic rings. The van der Waals surface area contributed by atoms with E-state index >= 15 is 0 Å². The van der Waals surface area contributed by atoms with Crippen LogP contribution in [0.25, 0.3) is 0 Å². The summed E-state index contributed by atoms with van der Waals surface area (Å²) in [6, 6.07) is 7.33. The van der Waals surface area contributed by atoms with Crippen molar-refractivity contribution in [1.29, 1.82) is 0 Å². The third-order valence-corrected chi connectivity index (χ3v) is 2.95. The molecular weight excluding hydrogens is 220 g/mol. The van der Waals surface area contributed by atoms with Crippen molar-refractivity contribution in [2.45, 2.75) is 25.4 Å². The number of carboxylic acids is 1. The average molecular weight is 238 g/mol. The molecule has 0 aliphatic carbocycles. The van der Waals surface area contributed by atoms with E-state index in [0.717, 1.165) is 11.3 Å². The fourth-order valence-corrected chi connectivity index (χ4v) is 1.88. The highest BCUT2D eigenvalue weighted by molar-refractivity contribution is 5.74. The minimum atomic E-state index is -0.965.